The molecule has 0 saturated heterocycles. The molecule has 2 N–H and O–H groups in total. The van der Waals surface area contributed by atoms with E-state index in [1.165, 1.54) is 0 Å². The maximum absolute atomic E-state index is 6.24. The number of methoxy groups -OCH3 is 2. The smallest absolute Gasteiger partial charge is 0.234 e. The summed E-state index contributed by atoms with van der Waals surface area (Å²) < 4.78 is 16.1. The Kier molecular flexibility index (Phi) is 5.96. The average Bonchev–Trinajstić information content (AvgIpc) is 3.23. The molecule has 1 heterocycles. The Morgan fingerprint density at radius 1 is 1.25 bits per heavy atom. The summed E-state index contributed by atoms with van der Waals surface area (Å²) >= 11 is 6.24. The molecule has 8 heteroatoms. The standard InChI is InChI=1S/C16H20ClN3O3.ClH/c1-21-12-8-10(7-11(17)13(12)22-2)14-19-15(23-20-14)16(9-18)5-3-4-6-16;/h7-8H,3-6,9,18H2,1-2H3;1H. The Morgan fingerprint density at radius 3 is 2.54 bits per heavy atom. The Hall–Kier alpha value is -1.50. The number of hydrogen-bond donors (Lipinski definition) is 1. The zero-order valence-corrected chi connectivity index (χ0v) is 15.2. The second-order valence-corrected chi connectivity index (χ2v) is 6.22. The number of ether oxygens (including phenoxy) is 2. The first kappa shape index (κ1) is 18.8. The number of nitrogens with zero attached hydrogens (tertiary/aromatic N) is 2. The van der Waals surface area contributed by atoms with Crippen LogP contribution in [0.1, 0.15) is 31.6 Å². The largest absolute Gasteiger partial charge is 0.493 e. The molecule has 0 spiro atoms. The van der Waals surface area contributed by atoms with E-state index in [9.17, 15) is 0 Å². The molecular weight excluding hydrogens is 353 g/mol. The van der Waals surface area contributed by atoms with Crippen LogP contribution >= 0.6 is 24.0 Å². The highest BCUT2D eigenvalue weighted by molar-refractivity contribution is 6.32. The first-order valence-electron chi connectivity index (χ1n) is 7.59. The van der Waals surface area contributed by atoms with Crippen molar-refractivity contribution in [2.24, 2.45) is 5.73 Å². The monoisotopic (exact) mass is 373 g/mol. The lowest BCUT2D eigenvalue weighted by Gasteiger charge is -2.21. The summed E-state index contributed by atoms with van der Waals surface area (Å²) in [6.45, 7) is 0.515. The van der Waals surface area contributed by atoms with Crippen molar-refractivity contribution in [1.29, 1.82) is 0 Å². The fourth-order valence-corrected chi connectivity index (χ4v) is 3.45. The molecule has 0 unspecified atom stereocenters. The third-order valence-corrected chi connectivity index (χ3v) is 4.80. The van der Waals surface area contributed by atoms with E-state index in [0.717, 1.165) is 25.7 Å². The second kappa shape index (κ2) is 7.59. The molecule has 6 nitrogen and oxygen atoms in total. The summed E-state index contributed by atoms with van der Waals surface area (Å²) in [7, 11) is 3.10. The van der Waals surface area contributed by atoms with Crippen LogP contribution in [-0.4, -0.2) is 30.9 Å². The molecule has 1 aromatic carbocycles. The molecular formula is C16H21Cl2N3O3. The Balaban J connectivity index is 0.00000208. The number of nitrogens with two attached hydrogens (primary N) is 1. The van der Waals surface area contributed by atoms with Crippen molar-refractivity contribution in [2.45, 2.75) is 31.1 Å². The first-order valence-corrected chi connectivity index (χ1v) is 7.97. The highest BCUT2D eigenvalue weighted by atomic mass is 35.5. The lowest BCUT2D eigenvalue weighted by atomic mass is 9.86. The molecule has 0 bridgehead atoms. The fourth-order valence-electron chi connectivity index (χ4n) is 3.16. The van der Waals surface area contributed by atoms with Crippen molar-refractivity contribution in [2.75, 3.05) is 20.8 Å². The number of benzene rings is 1. The van der Waals surface area contributed by atoms with Gasteiger partial charge < -0.3 is 19.7 Å². The summed E-state index contributed by atoms with van der Waals surface area (Å²) in [5.41, 5.74) is 6.50. The minimum atomic E-state index is -0.189. The van der Waals surface area contributed by atoms with E-state index in [2.05, 4.69) is 10.1 Å². The van der Waals surface area contributed by atoms with E-state index in [1.807, 2.05) is 0 Å². The van der Waals surface area contributed by atoms with Crippen LogP contribution in [0.2, 0.25) is 5.02 Å². The molecule has 24 heavy (non-hydrogen) atoms. The maximum Gasteiger partial charge on any atom is 0.234 e. The van der Waals surface area contributed by atoms with Crippen molar-refractivity contribution in [3.8, 4) is 22.9 Å². The quantitative estimate of drug-likeness (QED) is 0.861. The van der Waals surface area contributed by atoms with Crippen molar-refractivity contribution >= 4 is 24.0 Å². The molecule has 0 amide bonds. The zero-order valence-electron chi connectivity index (χ0n) is 13.7. The molecule has 1 fully saturated rings. The summed E-state index contributed by atoms with van der Waals surface area (Å²) in [6, 6.07) is 3.52. The van der Waals surface area contributed by atoms with Gasteiger partial charge in [-0.2, -0.15) is 4.98 Å². The van der Waals surface area contributed by atoms with E-state index in [1.54, 1.807) is 26.4 Å². The fraction of sp³-hybridized carbons (Fsp3) is 0.500. The summed E-state index contributed by atoms with van der Waals surface area (Å²) in [6.07, 6.45) is 4.24. The summed E-state index contributed by atoms with van der Waals surface area (Å²) in [5.74, 6) is 2.09. The third kappa shape index (κ3) is 3.18. The number of aromatic nitrogens is 2. The van der Waals surface area contributed by atoms with E-state index < -0.39 is 0 Å². The topological polar surface area (TPSA) is 83.4 Å². The van der Waals surface area contributed by atoms with Gasteiger partial charge in [-0.15, -0.1) is 12.4 Å². The van der Waals surface area contributed by atoms with Crippen LogP contribution in [0.15, 0.2) is 16.7 Å². The van der Waals surface area contributed by atoms with Gasteiger partial charge in [0.15, 0.2) is 11.5 Å². The minimum absolute atomic E-state index is 0. The minimum Gasteiger partial charge on any atom is -0.493 e. The van der Waals surface area contributed by atoms with Crippen LogP contribution < -0.4 is 15.2 Å². The van der Waals surface area contributed by atoms with Crippen LogP contribution in [0, 0.1) is 0 Å². The molecule has 132 valence electrons. The van der Waals surface area contributed by atoms with Crippen LogP contribution in [0.4, 0.5) is 0 Å². The summed E-state index contributed by atoms with van der Waals surface area (Å²) in [4.78, 5) is 4.56. The maximum atomic E-state index is 6.24. The molecule has 1 aliphatic rings. The Labute approximate surface area is 152 Å². The summed E-state index contributed by atoms with van der Waals surface area (Å²) in [5, 5.41) is 4.53. The van der Waals surface area contributed by atoms with Gasteiger partial charge in [0.05, 0.1) is 24.7 Å². The molecule has 1 saturated carbocycles. The van der Waals surface area contributed by atoms with Gasteiger partial charge in [0.1, 0.15) is 0 Å². The lowest BCUT2D eigenvalue weighted by Crippen LogP contribution is -2.32. The highest BCUT2D eigenvalue weighted by Gasteiger charge is 2.39. The SMILES string of the molecule is COc1cc(-c2noc(C3(CN)CCCC3)n2)cc(Cl)c1OC.Cl. The zero-order chi connectivity index (χ0) is 16.4. The highest BCUT2D eigenvalue weighted by Crippen LogP contribution is 2.41. The van der Waals surface area contributed by atoms with E-state index in [0.29, 0.717) is 40.3 Å². The van der Waals surface area contributed by atoms with Gasteiger partial charge in [-0.3, -0.25) is 0 Å². The predicted octanol–water partition coefficient (Wildman–Crippen LogP) is 3.60. The Bertz CT molecular complexity index is 700. The normalized spacial score (nSPS) is 15.8. The van der Waals surface area contributed by atoms with Crippen molar-refractivity contribution in [3.63, 3.8) is 0 Å². The molecule has 1 aliphatic carbocycles. The van der Waals surface area contributed by atoms with Gasteiger partial charge in [0.2, 0.25) is 11.7 Å². The van der Waals surface area contributed by atoms with Crippen molar-refractivity contribution < 1.29 is 14.0 Å². The van der Waals surface area contributed by atoms with Crippen LogP contribution in [0.5, 0.6) is 11.5 Å². The Morgan fingerprint density at radius 2 is 1.96 bits per heavy atom. The number of hydrogen-bond acceptors (Lipinski definition) is 6. The van der Waals surface area contributed by atoms with Gasteiger partial charge in [-0.05, 0) is 25.0 Å². The number of halogens is 2. The van der Waals surface area contributed by atoms with Crippen molar-refractivity contribution in [3.05, 3.63) is 23.0 Å². The average molecular weight is 374 g/mol. The molecule has 0 atom stereocenters. The van der Waals surface area contributed by atoms with Gasteiger partial charge >= 0.3 is 0 Å². The lowest BCUT2D eigenvalue weighted by molar-refractivity contribution is 0.284. The van der Waals surface area contributed by atoms with E-state index >= 15 is 0 Å². The molecule has 0 aliphatic heterocycles. The van der Waals surface area contributed by atoms with Crippen LogP contribution in [0.3, 0.4) is 0 Å². The van der Waals surface area contributed by atoms with Crippen LogP contribution in [0.25, 0.3) is 11.4 Å². The van der Waals surface area contributed by atoms with Gasteiger partial charge in [-0.25, -0.2) is 0 Å². The van der Waals surface area contributed by atoms with E-state index in [4.69, 9.17) is 31.3 Å². The van der Waals surface area contributed by atoms with Crippen LogP contribution in [-0.2, 0) is 5.41 Å². The second-order valence-electron chi connectivity index (χ2n) is 5.81. The van der Waals surface area contributed by atoms with Crippen molar-refractivity contribution in [1.82, 2.24) is 10.1 Å². The molecule has 2 aromatic rings. The first-order chi connectivity index (χ1) is 11.1. The molecule has 1 aromatic heterocycles. The molecule has 3 rings (SSSR count). The number of rotatable bonds is 5. The third-order valence-electron chi connectivity index (χ3n) is 4.52. The molecule has 0 radical (unpaired) electrons. The van der Waals surface area contributed by atoms with Gasteiger partial charge in [-0.1, -0.05) is 29.6 Å². The predicted molar refractivity (Wildman–Crippen MR) is 94.3 cm³/mol. The van der Waals surface area contributed by atoms with E-state index in [-0.39, 0.29) is 17.8 Å². The van der Waals surface area contributed by atoms with Gasteiger partial charge in [0.25, 0.3) is 0 Å². The van der Waals surface area contributed by atoms with Gasteiger partial charge in [0, 0.05) is 12.1 Å².